The first kappa shape index (κ1) is 24.3. The van der Waals surface area contributed by atoms with Crippen LogP contribution in [0.1, 0.15) is 27.8 Å². The molecule has 0 aliphatic heterocycles. The molecule has 1 N–H and O–H groups in total. The minimum Gasteiger partial charge on any atom is -0.382 e. The zero-order chi connectivity index (χ0) is 24.8. The van der Waals surface area contributed by atoms with Gasteiger partial charge in [-0.05, 0) is 49.9 Å². The van der Waals surface area contributed by atoms with E-state index in [9.17, 15) is 13.9 Å². The van der Waals surface area contributed by atoms with Crippen LogP contribution in [0.3, 0.4) is 0 Å². The predicted molar refractivity (Wildman–Crippen MR) is 130 cm³/mol. The summed E-state index contributed by atoms with van der Waals surface area (Å²) < 4.78 is 29.6. The Labute approximate surface area is 203 Å². The summed E-state index contributed by atoms with van der Waals surface area (Å²) >= 11 is 0. The summed E-state index contributed by atoms with van der Waals surface area (Å²) in [6.07, 6.45) is 2.79. The van der Waals surface area contributed by atoms with Gasteiger partial charge in [-0.15, -0.1) is 0 Å². The highest BCUT2D eigenvalue weighted by atomic mass is 19.1. The number of benzene rings is 3. The number of rotatable bonds is 7. The molecule has 0 radical (unpaired) electrons. The summed E-state index contributed by atoms with van der Waals surface area (Å²) in [5.74, 6) is 4.81. The Kier molecular flexibility index (Phi) is 7.35. The molecule has 1 aromatic heterocycles. The molecule has 0 amide bonds. The van der Waals surface area contributed by atoms with Gasteiger partial charge in [0.05, 0.1) is 6.54 Å². The summed E-state index contributed by atoms with van der Waals surface area (Å²) in [5.41, 5.74) is 2.41. The van der Waals surface area contributed by atoms with Crippen molar-refractivity contribution in [2.24, 2.45) is 0 Å². The average Bonchev–Trinajstić information content (AvgIpc) is 3.32. The lowest BCUT2D eigenvalue weighted by Crippen LogP contribution is -2.43. The first-order chi connectivity index (χ1) is 16.8. The van der Waals surface area contributed by atoms with Crippen LogP contribution in [-0.4, -0.2) is 38.4 Å². The monoisotopic (exact) mass is 472 g/mol. The van der Waals surface area contributed by atoms with Crippen LogP contribution in [0.2, 0.25) is 0 Å². The number of hydrogen-bond acceptors (Lipinski definition) is 4. The lowest BCUT2D eigenvalue weighted by molar-refractivity contribution is -0.0175. The molecule has 7 heteroatoms. The molecule has 1 atom stereocenters. The van der Waals surface area contributed by atoms with Crippen LogP contribution in [0, 0.1) is 30.4 Å². The number of likely N-dealkylation sites (N-methyl/N-ethyl adjacent to an activating group) is 1. The van der Waals surface area contributed by atoms with E-state index in [-0.39, 0.29) is 18.7 Å². The molecule has 35 heavy (non-hydrogen) atoms. The van der Waals surface area contributed by atoms with Crippen molar-refractivity contribution in [2.75, 3.05) is 13.6 Å². The Morgan fingerprint density at radius 1 is 0.971 bits per heavy atom. The van der Waals surface area contributed by atoms with E-state index < -0.39 is 17.2 Å². The van der Waals surface area contributed by atoms with Crippen LogP contribution in [0.4, 0.5) is 8.78 Å². The minimum atomic E-state index is -1.65. The molecule has 0 fully saturated rings. The Balaban J connectivity index is 1.47. The van der Waals surface area contributed by atoms with Crippen molar-refractivity contribution in [3.05, 3.63) is 119 Å². The van der Waals surface area contributed by atoms with Gasteiger partial charge in [-0.25, -0.2) is 18.4 Å². The lowest BCUT2D eigenvalue weighted by atomic mass is 9.92. The molecule has 0 saturated heterocycles. The van der Waals surface area contributed by atoms with Gasteiger partial charge in [0.25, 0.3) is 0 Å². The topological polar surface area (TPSA) is 54.2 Å². The first-order valence-electron chi connectivity index (χ1n) is 11.2. The number of halogens is 2. The third kappa shape index (κ3) is 6.38. The highest BCUT2D eigenvalue weighted by Crippen LogP contribution is 2.28. The van der Waals surface area contributed by atoms with Gasteiger partial charge in [0.1, 0.15) is 29.9 Å². The predicted octanol–water partition coefficient (Wildman–Crippen LogP) is 4.28. The molecule has 0 spiro atoms. The third-order valence-electron chi connectivity index (χ3n) is 5.66. The number of aliphatic hydroxyl groups is 1. The normalized spacial score (nSPS) is 12.7. The number of aromatic nitrogens is 3. The maximum absolute atomic E-state index is 14.6. The fourth-order valence-electron chi connectivity index (χ4n) is 3.96. The van der Waals surface area contributed by atoms with Gasteiger partial charge in [0.15, 0.2) is 0 Å². The van der Waals surface area contributed by atoms with Gasteiger partial charge in [0.2, 0.25) is 0 Å². The number of nitrogens with zero attached hydrogens (tertiary/aromatic N) is 4. The summed E-state index contributed by atoms with van der Waals surface area (Å²) in [4.78, 5) is 5.77. The molecule has 1 heterocycles. The molecule has 178 valence electrons. The molecule has 4 aromatic rings. The van der Waals surface area contributed by atoms with Gasteiger partial charge >= 0.3 is 0 Å². The van der Waals surface area contributed by atoms with E-state index in [1.807, 2.05) is 67.4 Å². The Hall–Kier alpha value is -3.86. The number of hydrogen-bond donors (Lipinski definition) is 1. The van der Waals surface area contributed by atoms with Gasteiger partial charge in [0, 0.05) is 35.8 Å². The van der Waals surface area contributed by atoms with E-state index >= 15 is 0 Å². The van der Waals surface area contributed by atoms with Crippen molar-refractivity contribution in [1.82, 2.24) is 19.7 Å². The fourth-order valence-corrected chi connectivity index (χ4v) is 3.96. The average molecular weight is 473 g/mol. The Bertz CT molecular complexity index is 1330. The van der Waals surface area contributed by atoms with Gasteiger partial charge in [-0.1, -0.05) is 47.7 Å². The summed E-state index contributed by atoms with van der Waals surface area (Å²) in [5, 5.41) is 15.5. The van der Waals surface area contributed by atoms with Gasteiger partial charge in [-0.2, -0.15) is 5.10 Å². The van der Waals surface area contributed by atoms with Crippen LogP contribution in [0.5, 0.6) is 0 Å². The van der Waals surface area contributed by atoms with E-state index in [2.05, 4.69) is 21.9 Å². The smallest absolute Gasteiger partial charge is 0.137 e. The van der Waals surface area contributed by atoms with E-state index in [1.54, 1.807) is 0 Å². The largest absolute Gasteiger partial charge is 0.382 e. The quantitative estimate of drug-likeness (QED) is 0.408. The molecule has 5 nitrogen and oxygen atoms in total. The minimum absolute atomic E-state index is 0.00276. The highest BCUT2D eigenvalue weighted by molar-refractivity contribution is 5.44. The van der Waals surface area contributed by atoms with E-state index in [0.29, 0.717) is 6.54 Å². The zero-order valence-electron chi connectivity index (χ0n) is 19.6. The van der Waals surface area contributed by atoms with Gasteiger partial charge < -0.3 is 5.11 Å². The maximum Gasteiger partial charge on any atom is 0.137 e. The summed E-state index contributed by atoms with van der Waals surface area (Å²) in [7, 11) is 1.83. The van der Waals surface area contributed by atoms with E-state index in [4.69, 9.17) is 0 Å². The molecule has 3 aromatic carbocycles. The second-order valence-corrected chi connectivity index (χ2v) is 8.73. The molecular weight excluding hydrogens is 446 g/mol. The van der Waals surface area contributed by atoms with Crippen molar-refractivity contribution >= 4 is 0 Å². The Morgan fingerprint density at radius 2 is 1.63 bits per heavy atom. The SMILES string of the molecule is Cc1ccc(C#Cc2ccc(CN(C)CC(O)(Cn3cncn3)c3ccc(F)cc3F)cc2)cc1. The van der Waals surface area contributed by atoms with Crippen molar-refractivity contribution in [3.8, 4) is 11.8 Å². The van der Waals surface area contributed by atoms with Crippen LogP contribution >= 0.6 is 0 Å². The number of aryl methyl sites for hydroxylation is 1. The molecular formula is C28H26F2N4O. The molecule has 0 bridgehead atoms. The van der Waals surface area contributed by atoms with Crippen LogP contribution < -0.4 is 0 Å². The fraction of sp³-hybridized carbons (Fsp3) is 0.214. The standard InChI is InChI=1S/C28H26F2N4O/c1-21-3-5-22(6-4-21)7-8-23-9-11-24(12-10-23)16-33(2)17-28(35,18-34-20-31-19-32-34)26-14-13-25(29)15-27(26)30/h3-6,9-15,19-20,35H,16-18H2,1-2H3. The van der Waals surface area contributed by atoms with Crippen molar-refractivity contribution in [3.63, 3.8) is 0 Å². The maximum atomic E-state index is 14.6. The molecule has 0 aliphatic carbocycles. The van der Waals surface area contributed by atoms with Crippen LogP contribution in [0.25, 0.3) is 0 Å². The van der Waals surface area contributed by atoms with Crippen LogP contribution in [-0.2, 0) is 18.7 Å². The molecule has 0 aliphatic rings. The second kappa shape index (κ2) is 10.6. The zero-order valence-corrected chi connectivity index (χ0v) is 19.6. The summed E-state index contributed by atoms with van der Waals surface area (Å²) in [6.45, 7) is 2.60. The lowest BCUT2D eigenvalue weighted by Gasteiger charge is -2.33. The van der Waals surface area contributed by atoms with Crippen molar-refractivity contribution in [1.29, 1.82) is 0 Å². The van der Waals surface area contributed by atoms with Crippen molar-refractivity contribution < 1.29 is 13.9 Å². The molecule has 4 rings (SSSR count). The second-order valence-electron chi connectivity index (χ2n) is 8.73. The summed E-state index contributed by atoms with van der Waals surface area (Å²) in [6, 6.07) is 19.1. The Morgan fingerprint density at radius 3 is 2.23 bits per heavy atom. The molecule has 0 saturated carbocycles. The molecule has 1 unspecified atom stereocenters. The van der Waals surface area contributed by atoms with Crippen molar-refractivity contribution in [2.45, 2.75) is 25.6 Å². The van der Waals surface area contributed by atoms with Gasteiger partial charge in [-0.3, -0.25) is 4.90 Å². The first-order valence-corrected chi connectivity index (χ1v) is 11.2. The van der Waals surface area contributed by atoms with E-state index in [1.165, 1.54) is 29.0 Å². The van der Waals surface area contributed by atoms with E-state index in [0.717, 1.165) is 28.8 Å². The highest BCUT2D eigenvalue weighted by Gasteiger charge is 2.34. The van der Waals surface area contributed by atoms with Crippen LogP contribution in [0.15, 0.2) is 79.4 Å². The third-order valence-corrected chi connectivity index (χ3v) is 5.66.